The number of hydrogen-bond acceptors (Lipinski definition) is 2. The second-order valence-electron chi connectivity index (χ2n) is 5.60. The van der Waals surface area contributed by atoms with Crippen LogP contribution < -0.4 is 5.32 Å². The first-order chi connectivity index (χ1) is 10.6. The van der Waals surface area contributed by atoms with Gasteiger partial charge in [0.1, 0.15) is 0 Å². The summed E-state index contributed by atoms with van der Waals surface area (Å²) in [5.41, 5.74) is 3.85. The van der Waals surface area contributed by atoms with Crippen LogP contribution in [0.5, 0.6) is 0 Å². The minimum atomic E-state index is -0.0468. The molecule has 116 valence electrons. The van der Waals surface area contributed by atoms with E-state index in [0.717, 1.165) is 22.3 Å². The molecule has 2 aromatic carbocycles. The quantitative estimate of drug-likeness (QED) is 0.860. The molecule has 2 rings (SSSR count). The van der Waals surface area contributed by atoms with Crippen molar-refractivity contribution < 1.29 is 9.90 Å². The van der Waals surface area contributed by atoms with Crippen molar-refractivity contribution in [1.82, 2.24) is 5.32 Å². The van der Waals surface area contributed by atoms with Gasteiger partial charge in [0, 0.05) is 24.6 Å². The smallest absolute Gasteiger partial charge is 0.251 e. The first kappa shape index (κ1) is 16.2. The van der Waals surface area contributed by atoms with Gasteiger partial charge in [-0.2, -0.15) is 0 Å². The molecule has 0 aliphatic heterocycles. The topological polar surface area (TPSA) is 49.3 Å². The Bertz CT molecular complexity index is 602. The summed E-state index contributed by atoms with van der Waals surface area (Å²) in [6, 6.07) is 15.8. The lowest BCUT2D eigenvalue weighted by molar-refractivity contribution is 0.0948. The average molecular weight is 297 g/mol. The number of aryl methyl sites for hydroxylation is 2. The normalized spacial score (nSPS) is 12.0. The Labute approximate surface area is 132 Å². The highest BCUT2D eigenvalue weighted by atomic mass is 16.3. The fourth-order valence-corrected chi connectivity index (χ4v) is 2.74. The van der Waals surface area contributed by atoms with Gasteiger partial charge < -0.3 is 10.4 Å². The number of hydrogen-bond donors (Lipinski definition) is 2. The van der Waals surface area contributed by atoms with Gasteiger partial charge in [0.05, 0.1) is 0 Å². The maximum atomic E-state index is 12.5. The van der Waals surface area contributed by atoms with Gasteiger partial charge in [0.25, 0.3) is 5.91 Å². The summed E-state index contributed by atoms with van der Waals surface area (Å²) in [6.07, 6.45) is 0.636. The fraction of sp³-hybridized carbons (Fsp3) is 0.316. The first-order valence-corrected chi connectivity index (χ1v) is 7.63. The number of amides is 1. The molecule has 0 radical (unpaired) electrons. The summed E-state index contributed by atoms with van der Waals surface area (Å²) in [5.74, 6) is 0.0777. The maximum absolute atomic E-state index is 12.5. The standard InChI is InChI=1S/C19H23NO2/c1-14-7-6-8-15(2)18(14)19(22)20-13-17(11-12-21)16-9-4-3-5-10-16/h3-10,17,21H,11-13H2,1-2H3,(H,20,22). The Balaban J connectivity index is 2.08. The lowest BCUT2D eigenvalue weighted by atomic mass is 9.95. The summed E-state index contributed by atoms with van der Waals surface area (Å²) in [4.78, 5) is 12.5. The molecule has 2 aromatic rings. The highest BCUT2D eigenvalue weighted by molar-refractivity contribution is 5.97. The van der Waals surface area contributed by atoms with Crippen LogP contribution in [0.3, 0.4) is 0 Å². The van der Waals surface area contributed by atoms with E-state index in [1.807, 2.05) is 62.4 Å². The van der Waals surface area contributed by atoms with E-state index in [1.165, 1.54) is 0 Å². The van der Waals surface area contributed by atoms with Crippen LogP contribution in [0.25, 0.3) is 0 Å². The van der Waals surface area contributed by atoms with E-state index in [-0.39, 0.29) is 18.4 Å². The van der Waals surface area contributed by atoms with Gasteiger partial charge in [-0.15, -0.1) is 0 Å². The summed E-state index contributed by atoms with van der Waals surface area (Å²) >= 11 is 0. The van der Waals surface area contributed by atoms with E-state index < -0.39 is 0 Å². The molecule has 3 nitrogen and oxygen atoms in total. The SMILES string of the molecule is Cc1cccc(C)c1C(=O)NCC(CCO)c1ccccc1. The largest absolute Gasteiger partial charge is 0.396 e. The van der Waals surface area contributed by atoms with Crippen LogP contribution in [-0.2, 0) is 0 Å². The van der Waals surface area contributed by atoms with E-state index >= 15 is 0 Å². The number of carbonyl (C=O) groups is 1. The molecule has 0 aliphatic rings. The monoisotopic (exact) mass is 297 g/mol. The number of nitrogens with one attached hydrogen (secondary N) is 1. The first-order valence-electron chi connectivity index (χ1n) is 7.63. The second kappa shape index (κ2) is 7.76. The molecule has 0 aliphatic carbocycles. The van der Waals surface area contributed by atoms with Crippen LogP contribution in [0.4, 0.5) is 0 Å². The van der Waals surface area contributed by atoms with Gasteiger partial charge >= 0.3 is 0 Å². The van der Waals surface area contributed by atoms with Crippen molar-refractivity contribution in [1.29, 1.82) is 0 Å². The summed E-state index contributed by atoms with van der Waals surface area (Å²) in [5, 5.41) is 12.3. The fourth-order valence-electron chi connectivity index (χ4n) is 2.74. The molecule has 0 spiro atoms. The minimum Gasteiger partial charge on any atom is -0.396 e. The predicted octanol–water partition coefficient (Wildman–Crippen LogP) is 3.20. The molecule has 0 fully saturated rings. The Morgan fingerprint density at radius 2 is 1.68 bits per heavy atom. The van der Waals surface area contributed by atoms with Gasteiger partial charge in [-0.3, -0.25) is 4.79 Å². The summed E-state index contributed by atoms with van der Waals surface area (Å²) < 4.78 is 0. The zero-order valence-corrected chi connectivity index (χ0v) is 13.2. The molecule has 1 unspecified atom stereocenters. The molecule has 22 heavy (non-hydrogen) atoms. The van der Waals surface area contributed by atoms with E-state index in [4.69, 9.17) is 0 Å². The van der Waals surface area contributed by atoms with Crippen molar-refractivity contribution in [2.24, 2.45) is 0 Å². The van der Waals surface area contributed by atoms with E-state index in [9.17, 15) is 9.90 Å². The minimum absolute atomic E-state index is 0.0468. The molecule has 0 saturated carbocycles. The number of carbonyl (C=O) groups excluding carboxylic acids is 1. The Morgan fingerprint density at radius 3 is 2.27 bits per heavy atom. The molecule has 1 amide bonds. The highest BCUT2D eigenvalue weighted by Gasteiger charge is 2.15. The van der Waals surface area contributed by atoms with Crippen LogP contribution in [-0.4, -0.2) is 24.2 Å². The highest BCUT2D eigenvalue weighted by Crippen LogP contribution is 2.19. The molecule has 0 aromatic heterocycles. The molecular weight excluding hydrogens is 274 g/mol. The van der Waals surface area contributed by atoms with E-state index in [0.29, 0.717) is 13.0 Å². The number of rotatable bonds is 6. The van der Waals surface area contributed by atoms with Crippen molar-refractivity contribution in [2.45, 2.75) is 26.2 Å². The molecule has 1 atom stereocenters. The Morgan fingerprint density at radius 1 is 1.05 bits per heavy atom. The molecule has 3 heteroatoms. The third kappa shape index (κ3) is 3.95. The van der Waals surface area contributed by atoms with Crippen LogP contribution in [0.15, 0.2) is 48.5 Å². The third-order valence-corrected chi connectivity index (χ3v) is 3.97. The Kier molecular flexibility index (Phi) is 5.73. The van der Waals surface area contributed by atoms with Crippen LogP contribution in [0, 0.1) is 13.8 Å². The zero-order valence-electron chi connectivity index (χ0n) is 13.2. The van der Waals surface area contributed by atoms with Crippen molar-refractivity contribution in [3.63, 3.8) is 0 Å². The van der Waals surface area contributed by atoms with Crippen molar-refractivity contribution in [3.05, 3.63) is 70.8 Å². The lowest BCUT2D eigenvalue weighted by Crippen LogP contribution is -2.30. The van der Waals surface area contributed by atoms with Gasteiger partial charge in [0.2, 0.25) is 0 Å². The van der Waals surface area contributed by atoms with Gasteiger partial charge in [-0.25, -0.2) is 0 Å². The van der Waals surface area contributed by atoms with Crippen LogP contribution in [0.1, 0.15) is 39.4 Å². The third-order valence-electron chi connectivity index (χ3n) is 3.97. The molecule has 0 bridgehead atoms. The maximum Gasteiger partial charge on any atom is 0.251 e. The molecule has 2 N–H and O–H groups in total. The van der Waals surface area contributed by atoms with E-state index in [2.05, 4.69) is 5.32 Å². The zero-order chi connectivity index (χ0) is 15.9. The Hall–Kier alpha value is -2.13. The van der Waals surface area contributed by atoms with Gasteiger partial charge in [0.15, 0.2) is 0 Å². The van der Waals surface area contributed by atoms with Crippen molar-refractivity contribution in [2.75, 3.05) is 13.2 Å². The van der Waals surface area contributed by atoms with Crippen molar-refractivity contribution in [3.8, 4) is 0 Å². The van der Waals surface area contributed by atoms with Gasteiger partial charge in [-0.05, 0) is 37.0 Å². The summed E-state index contributed by atoms with van der Waals surface area (Å²) in [6.45, 7) is 4.53. The van der Waals surface area contributed by atoms with Crippen LogP contribution in [0.2, 0.25) is 0 Å². The van der Waals surface area contributed by atoms with E-state index in [1.54, 1.807) is 0 Å². The summed E-state index contributed by atoms with van der Waals surface area (Å²) in [7, 11) is 0. The predicted molar refractivity (Wildman–Crippen MR) is 89.1 cm³/mol. The number of aliphatic hydroxyl groups excluding tert-OH is 1. The number of benzene rings is 2. The molecule has 0 heterocycles. The molecular formula is C19H23NO2. The average Bonchev–Trinajstić information content (AvgIpc) is 2.52. The lowest BCUT2D eigenvalue weighted by Gasteiger charge is -2.18. The number of aliphatic hydroxyl groups is 1. The van der Waals surface area contributed by atoms with Crippen molar-refractivity contribution >= 4 is 5.91 Å². The van der Waals surface area contributed by atoms with Gasteiger partial charge in [-0.1, -0.05) is 48.5 Å². The van der Waals surface area contributed by atoms with Crippen LogP contribution >= 0.6 is 0 Å². The molecule has 0 saturated heterocycles. The second-order valence-corrected chi connectivity index (χ2v) is 5.60.